The summed E-state index contributed by atoms with van der Waals surface area (Å²) >= 11 is 0. The molecule has 0 unspecified atom stereocenters. The first-order chi connectivity index (χ1) is 9.65. The van der Waals surface area contributed by atoms with Gasteiger partial charge in [0.25, 0.3) is 0 Å². The first kappa shape index (κ1) is 12.9. The first-order valence-corrected chi connectivity index (χ1v) is 7.16. The molecule has 0 aliphatic rings. The number of imidazole rings is 1. The summed E-state index contributed by atoms with van der Waals surface area (Å²) in [5, 5.41) is 0. The van der Waals surface area contributed by atoms with Crippen molar-refractivity contribution in [2.45, 2.75) is 33.2 Å². The lowest BCUT2D eigenvalue weighted by Crippen LogP contribution is -2.02. The molecule has 2 aromatic carbocycles. The van der Waals surface area contributed by atoms with Gasteiger partial charge in [0.15, 0.2) is 0 Å². The Hall–Kier alpha value is -2.09. The van der Waals surface area contributed by atoms with Crippen LogP contribution in [0.4, 0.5) is 0 Å². The summed E-state index contributed by atoms with van der Waals surface area (Å²) in [4.78, 5) is 4.62. The van der Waals surface area contributed by atoms with Gasteiger partial charge in [0, 0.05) is 6.54 Å². The summed E-state index contributed by atoms with van der Waals surface area (Å²) < 4.78 is 2.28. The minimum Gasteiger partial charge on any atom is -0.324 e. The van der Waals surface area contributed by atoms with E-state index in [1.54, 1.807) is 0 Å². The van der Waals surface area contributed by atoms with Crippen LogP contribution in [0.1, 0.15) is 36.7 Å². The van der Waals surface area contributed by atoms with E-state index < -0.39 is 0 Å². The Bertz CT molecular complexity index is 721. The van der Waals surface area contributed by atoms with E-state index in [-0.39, 0.29) is 0 Å². The lowest BCUT2D eigenvalue weighted by Gasteiger charge is -2.09. The molecule has 0 aliphatic heterocycles. The third kappa shape index (κ3) is 2.34. The minimum absolute atomic E-state index is 0.583. The highest BCUT2D eigenvalue weighted by molar-refractivity contribution is 5.75. The van der Waals surface area contributed by atoms with Gasteiger partial charge in [-0.1, -0.05) is 50.2 Å². The smallest absolute Gasteiger partial charge is 0.107 e. The number of fused-ring (bicyclic) bond motifs is 1. The number of aromatic nitrogens is 2. The fraction of sp³-hybridized carbons (Fsp3) is 0.278. The molecule has 3 aromatic rings. The average molecular weight is 264 g/mol. The van der Waals surface area contributed by atoms with Gasteiger partial charge < -0.3 is 4.57 Å². The molecule has 0 N–H and O–H groups in total. The molecule has 1 heterocycles. The normalized spacial score (nSPS) is 11.4. The highest BCUT2D eigenvalue weighted by Gasteiger charge is 2.07. The molecule has 0 atom stereocenters. The van der Waals surface area contributed by atoms with Crippen LogP contribution >= 0.6 is 0 Å². The molecule has 2 nitrogen and oxygen atoms in total. The molecule has 2 heteroatoms. The van der Waals surface area contributed by atoms with Crippen molar-refractivity contribution in [1.29, 1.82) is 0 Å². The molecule has 0 aliphatic carbocycles. The van der Waals surface area contributed by atoms with Gasteiger partial charge >= 0.3 is 0 Å². The zero-order valence-corrected chi connectivity index (χ0v) is 12.3. The van der Waals surface area contributed by atoms with Crippen molar-refractivity contribution in [3.8, 4) is 0 Å². The second-order valence-electron chi connectivity index (χ2n) is 5.63. The number of nitrogens with zero attached hydrogens (tertiary/aromatic N) is 2. The van der Waals surface area contributed by atoms with Crippen LogP contribution in [0, 0.1) is 6.92 Å². The summed E-state index contributed by atoms with van der Waals surface area (Å²) in [7, 11) is 0. The molecule has 1 aromatic heterocycles. The van der Waals surface area contributed by atoms with Crippen LogP contribution in [0.3, 0.4) is 0 Å². The predicted octanol–water partition coefficient (Wildman–Crippen LogP) is 4.52. The van der Waals surface area contributed by atoms with Crippen molar-refractivity contribution in [2.24, 2.45) is 0 Å². The zero-order chi connectivity index (χ0) is 14.1. The van der Waals surface area contributed by atoms with E-state index in [1.165, 1.54) is 16.6 Å². The van der Waals surface area contributed by atoms with Crippen LogP contribution in [0.2, 0.25) is 0 Å². The van der Waals surface area contributed by atoms with Gasteiger partial charge in [-0.15, -0.1) is 0 Å². The Morgan fingerprint density at radius 1 is 1.00 bits per heavy atom. The van der Waals surface area contributed by atoms with Gasteiger partial charge in [0.2, 0.25) is 0 Å². The van der Waals surface area contributed by atoms with Crippen molar-refractivity contribution >= 4 is 11.0 Å². The number of para-hydroxylation sites is 2. The van der Waals surface area contributed by atoms with Crippen molar-refractivity contribution in [3.63, 3.8) is 0 Å². The lowest BCUT2D eigenvalue weighted by molar-refractivity contribution is 0.783. The molecule has 0 radical (unpaired) electrons. The van der Waals surface area contributed by atoms with Crippen LogP contribution in [0.5, 0.6) is 0 Å². The Labute approximate surface area is 120 Å². The standard InChI is InChI=1S/C18H20N2/c1-13(2)16-10-8-15(9-11-16)12-20-14(3)19-17-6-4-5-7-18(17)20/h4-11,13H,12H2,1-3H3. The lowest BCUT2D eigenvalue weighted by atomic mass is 10.0. The minimum atomic E-state index is 0.583. The van der Waals surface area contributed by atoms with Gasteiger partial charge in [-0.05, 0) is 36.1 Å². The summed E-state index contributed by atoms with van der Waals surface area (Å²) in [6.45, 7) is 7.40. The van der Waals surface area contributed by atoms with Gasteiger partial charge in [-0.25, -0.2) is 4.98 Å². The number of hydrogen-bond donors (Lipinski definition) is 0. The molecule has 102 valence electrons. The maximum absolute atomic E-state index is 4.62. The molecule has 3 rings (SSSR count). The summed E-state index contributed by atoms with van der Waals surface area (Å²) in [6.07, 6.45) is 0. The molecule has 0 saturated carbocycles. The van der Waals surface area contributed by atoms with E-state index in [0.29, 0.717) is 5.92 Å². The van der Waals surface area contributed by atoms with Crippen LogP contribution in [-0.2, 0) is 6.54 Å². The number of rotatable bonds is 3. The maximum Gasteiger partial charge on any atom is 0.107 e. The Balaban J connectivity index is 1.94. The van der Waals surface area contributed by atoms with Gasteiger partial charge in [-0.2, -0.15) is 0 Å². The fourth-order valence-corrected chi connectivity index (χ4v) is 2.59. The van der Waals surface area contributed by atoms with Gasteiger partial charge in [-0.3, -0.25) is 0 Å². The van der Waals surface area contributed by atoms with E-state index in [4.69, 9.17) is 0 Å². The second-order valence-corrected chi connectivity index (χ2v) is 5.63. The van der Waals surface area contributed by atoms with Crippen molar-refractivity contribution in [3.05, 3.63) is 65.5 Å². The molecular weight excluding hydrogens is 244 g/mol. The SMILES string of the molecule is Cc1nc2ccccc2n1Cc1ccc(C(C)C)cc1. The average Bonchev–Trinajstić information content (AvgIpc) is 2.76. The fourth-order valence-electron chi connectivity index (χ4n) is 2.59. The van der Waals surface area contributed by atoms with Gasteiger partial charge in [0.1, 0.15) is 5.82 Å². The summed E-state index contributed by atoms with van der Waals surface area (Å²) in [5.41, 5.74) is 4.99. The quantitative estimate of drug-likeness (QED) is 0.680. The third-order valence-electron chi connectivity index (χ3n) is 3.83. The van der Waals surface area contributed by atoms with E-state index in [9.17, 15) is 0 Å². The van der Waals surface area contributed by atoms with Crippen LogP contribution in [0.25, 0.3) is 11.0 Å². The van der Waals surface area contributed by atoms with Crippen molar-refractivity contribution in [1.82, 2.24) is 9.55 Å². The highest BCUT2D eigenvalue weighted by atomic mass is 15.1. The highest BCUT2D eigenvalue weighted by Crippen LogP contribution is 2.19. The first-order valence-electron chi connectivity index (χ1n) is 7.16. The number of hydrogen-bond acceptors (Lipinski definition) is 1. The van der Waals surface area contributed by atoms with E-state index in [1.807, 2.05) is 6.07 Å². The van der Waals surface area contributed by atoms with Crippen LogP contribution in [0.15, 0.2) is 48.5 Å². The largest absolute Gasteiger partial charge is 0.324 e. The monoisotopic (exact) mass is 264 g/mol. The molecule has 0 saturated heterocycles. The van der Waals surface area contributed by atoms with Crippen LogP contribution < -0.4 is 0 Å². The summed E-state index contributed by atoms with van der Waals surface area (Å²) in [5.74, 6) is 1.65. The zero-order valence-electron chi connectivity index (χ0n) is 12.3. The van der Waals surface area contributed by atoms with Gasteiger partial charge in [0.05, 0.1) is 11.0 Å². The van der Waals surface area contributed by atoms with E-state index >= 15 is 0 Å². The molecule has 0 amide bonds. The van der Waals surface area contributed by atoms with Crippen molar-refractivity contribution < 1.29 is 0 Å². The third-order valence-corrected chi connectivity index (χ3v) is 3.83. The molecule has 0 spiro atoms. The Morgan fingerprint density at radius 3 is 2.40 bits per heavy atom. The van der Waals surface area contributed by atoms with E-state index in [0.717, 1.165) is 17.9 Å². The second kappa shape index (κ2) is 5.12. The van der Waals surface area contributed by atoms with E-state index in [2.05, 4.69) is 72.8 Å². The molecule has 20 heavy (non-hydrogen) atoms. The predicted molar refractivity (Wildman–Crippen MR) is 84.1 cm³/mol. The van der Waals surface area contributed by atoms with Crippen LogP contribution in [-0.4, -0.2) is 9.55 Å². The summed E-state index contributed by atoms with van der Waals surface area (Å²) in [6, 6.07) is 17.2. The number of benzene rings is 2. The Morgan fingerprint density at radius 2 is 1.70 bits per heavy atom. The maximum atomic E-state index is 4.62. The topological polar surface area (TPSA) is 17.8 Å². The molecular formula is C18H20N2. The van der Waals surface area contributed by atoms with Crippen molar-refractivity contribution in [2.75, 3.05) is 0 Å². The molecule has 0 bridgehead atoms. The Kier molecular flexibility index (Phi) is 3.31. The molecule has 0 fully saturated rings. The number of aryl methyl sites for hydroxylation is 1.